The van der Waals surface area contributed by atoms with Gasteiger partial charge in [0.05, 0.1) is 19.4 Å². The smallest absolute Gasteiger partial charge is 0.407 e. The molecule has 1 aliphatic rings. The second kappa shape index (κ2) is 10.6. The van der Waals surface area contributed by atoms with Crippen LogP contribution in [0.2, 0.25) is 0 Å². The average Bonchev–Trinajstić information content (AvgIpc) is 3.43. The van der Waals surface area contributed by atoms with Crippen molar-refractivity contribution in [2.45, 2.75) is 57.0 Å². The van der Waals surface area contributed by atoms with Crippen molar-refractivity contribution in [3.05, 3.63) is 41.4 Å². The summed E-state index contributed by atoms with van der Waals surface area (Å²) >= 11 is 1.09. The maximum atomic E-state index is 13.1. The monoisotopic (exact) mass is 515 g/mol. The summed E-state index contributed by atoms with van der Waals surface area (Å²) in [6, 6.07) is 7.14. The van der Waals surface area contributed by atoms with Gasteiger partial charge in [0.15, 0.2) is 0 Å². The van der Waals surface area contributed by atoms with Crippen molar-refractivity contribution in [1.29, 1.82) is 0 Å². The van der Waals surface area contributed by atoms with E-state index in [9.17, 15) is 14.4 Å². The minimum absolute atomic E-state index is 0.0147. The van der Waals surface area contributed by atoms with Crippen molar-refractivity contribution in [2.24, 2.45) is 0 Å². The number of para-hydroxylation sites is 1. The van der Waals surface area contributed by atoms with Crippen molar-refractivity contribution >= 4 is 40.6 Å². The molecule has 0 aliphatic carbocycles. The first-order valence-electron chi connectivity index (χ1n) is 11.5. The molecule has 1 aromatic carbocycles. The standard InChI is InChI=1S/C24H29N5O6S/c1-24(2,3)35-22(32)25-10-9-19-27-28-23(34-19)36-13-20(30)29-12-17-15(11-18(29)21(31)33-4)14-7-5-6-8-16(14)26-17/h5-8,18,26H,9-13H2,1-4H3,(H,25,32). The van der Waals surface area contributed by atoms with E-state index >= 15 is 0 Å². The number of fused-ring (bicyclic) bond motifs is 3. The molecule has 1 atom stereocenters. The summed E-state index contributed by atoms with van der Waals surface area (Å²) in [6.45, 7) is 5.89. The van der Waals surface area contributed by atoms with E-state index in [-0.39, 0.29) is 30.0 Å². The van der Waals surface area contributed by atoms with Crippen molar-refractivity contribution in [1.82, 2.24) is 25.4 Å². The molecular formula is C24H29N5O6S. The molecule has 3 heterocycles. The van der Waals surface area contributed by atoms with Gasteiger partial charge < -0.3 is 29.1 Å². The zero-order valence-electron chi connectivity index (χ0n) is 20.6. The van der Waals surface area contributed by atoms with E-state index in [1.54, 1.807) is 20.8 Å². The van der Waals surface area contributed by atoms with E-state index in [0.717, 1.165) is 33.9 Å². The number of rotatable bonds is 7. The van der Waals surface area contributed by atoms with Crippen LogP contribution in [0.25, 0.3) is 10.9 Å². The summed E-state index contributed by atoms with van der Waals surface area (Å²) in [5.41, 5.74) is 2.32. The molecule has 0 fully saturated rings. The average molecular weight is 516 g/mol. The van der Waals surface area contributed by atoms with Crippen LogP contribution in [0.15, 0.2) is 33.9 Å². The molecule has 1 unspecified atom stereocenters. The Bertz CT molecular complexity index is 1260. The van der Waals surface area contributed by atoms with Crippen LogP contribution < -0.4 is 5.32 Å². The third kappa shape index (κ3) is 5.99. The fraction of sp³-hybridized carbons (Fsp3) is 0.458. The van der Waals surface area contributed by atoms with Gasteiger partial charge in [-0.25, -0.2) is 9.59 Å². The Labute approximate surface area is 212 Å². The molecule has 36 heavy (non-hydrogen) atoms. The lowest BCUT2D eigenvalue weighted by atomic mass is 9.96. The molecule has 0 bridgehead atoms. The van der Waals surface area contributed by atoms with Gasteiger partial charge in [-0.3, -0.25) is 4.79 Å². The lowest BCUT2D eigenvalue weighted by Gasteiger charge is -2.33. The molecule has 2 amide bonds. The predicted octanol–water partition coefficient (Wildman–Crippen LogP) is 2.84. The van der Waals surface area contributed by atoms with E-state index in [1.165, 1.54) is 12.0 Å². The number of aromatic amines is 1. The number of H-pyrrole nitrogens is 1. The fourth-order valence-corrected chi connectivity index (χ4v) is 4.67. The molecule has 0 saturated carbocycles. The van der Waals surface area contributed by atoms with Gasteiger partial charge in [0, 0.05) is 36.0 Å². The van der Waals surface area contributed by atoms with Gasteiger partial charge in [-0.1, -0.05) is 30.0 Å². The number of nitrogens with zero attached hydrogens (tertiary/aromatic N) is 3. The number of nitrogens with one attached hydrogen (secondary N) is 2. The molecule has 0 radical (unpaired) electrons. The summed E-state index contributed by atoms with van der Waals surface area (Å²) < 4.78 is 15.7. The number of esters is 1. The summed E-state index contributed by atoms with van der Waals surface area (Å²) in [7, 11) is 1.32. The van der Waals surface area contributed by atoms with E-state index < -0.39 is 23.7 Å². The van der Waals surface area contributed by atoms with Crippen LogP contribution in [0.1, 0.15) is 37.9 Å². The summed E-state index contributed by atoms with van der Waals surface area (Å²) in [4.78, 5) is 42.3. The van der Waals surface area contributed by atoms with Gasteiger partial charge in [-0.05, 0) is 32.4 Å². The number of thioether (sulfide) groups is 1. The summed E-state index contributed by atoms with van der Waals surface area (Å²) in [5, 5.41) is 11.8. The highest BCUT2D eigenvalue weighted by molar-refractivity contribution is 7.99. The van der Waals surface area contributed by atoms with Crippen LogP contribution in [0.4, 0.5) is 4.79 Å². The Morgan fingerprint density at radius 3 is 2.78 bits per heavy atom. The minimum atomic E-state index is -0.716. The number of amides is 2. The Kier molecular flexibility index (Phi) is 7.53. The highest BCUT2D eigenvalue weighted by Crippen LogP contribution is 2.31. The third-order valence-electron chi connectivity index (χ3n) is 5.57. The Balaban J connectivity index is 1.35. The molecule has 0 spiro atoms. The SMILES string of the molecule is COC(=O)C1Cc2c([nH]c3ccccc23)CN1C(=O)CSc1nnc(CCNC(=O)OC(C)(C)C)o1. The normalized spacial score (nSPS) is 15.4. The van der Waals surface area contributed by atoms with Crippen molar-refractivity contribution in [2.75, 3.05) is 19.4 Å². The van der Waals surface area contributed by atoms with Crippen LogP contribution in [-0.2, 0) is 38.4 Å². The van der Waals surface area contributed by atoms with Gasteiger partial charge >= 0.3 is 12.1 Å². The van der Waals surface area contributed by atoms with E-state index in [2.05, 4.69) is 20.5 Å². The first-order chi connectivity index (χ1) is 17.1. The van der Waals surface area contributed by atoms with E-state index in [1.807, 2.05) is 24.3 Å². The van der Waals surface area contributed by atoms with Gasteiger partial charge in [-0.15, -0.1) is 10.2 Å². The number of alkyl carbamates (subject to hydrolysis) is 1. The van der Waals surface area contributed by atoms with Gasteiger partial charge in [0.2, 0.25) is 11.8 Å². The first kappa shape index (κ1) is 25.5. The van der Waals surface area contributed by atoms with Crippen molar-refractivity contribution in [3.63, 3.8) is 0 Å². The summed E-state index contributed by atoms with van der Waals surface area (Å²) in [5.74, 6) is -0.358. The lowest BCUT2D eigenvalue weighted by Crippen LogP contribution is -2.49. The Hall–Kier alpha value is -3.54. The van der Waals surface area contributed by atoms with Gasteiger partial charge in [0.1, 0.15) is 11.6 Å². The molecule has 12 heteroatoms. The van der Waals surface area contributed by atoms with Gasteiger partial charge in [0.25, 0.3) is 5.22 Å². The quantitative estimate of drug-likeness (QED) is 0.359. The number of hydrogen-bond acceptors (Lipinski definition) is 9. The van der Waals surface area contributed by atoms with Crippen LogP contribution in [-0.4, -0.2) is 69.1 Å². The molecule has 2 N–H and O–H groups in total. The number of ether oxygens (including phenoxy) is 2. The van der Waals surface area contributed by atoms with Crippen LogP contribution >= 0.6 is 11.8 Å². The van der Waals surface area contributed by atoms with Crippen molar-refractivity contribution in [3.8, 4) is 0 Å². The Morgan fingerprint density at radius 1 is 1.25 bits per heavy atom. The van der Waals surface area contributed by atoms with Crippen LogP contribution in [0.3, 0.4) is 0 Å². The Morgan fingerprint density at radius 2 is 2.03 bits per heavy atom. The number of hydrogen-bond donors (Lipinski definition) is 2. The fourth-order valence-electron chi connectivity index (χ4n) is 4.01. The second-order valence-electron chi connectivity index (χ2n) is 9.32. The molecule has 4 rings (SSSR count). The van der Waals surface area contributed by atoms with E-state index in [0.29, 0.717) is 18.7 Å². The number of methoxy groups -OCH3 is 1. The molecule has 1 aliphatic heterocycles. The zero-order valence-corrected chi connectivity index (χ0v) is 21.4. The highest BCUT2D eigenvalue weighted by Gasteiger charge is 2.37. The largest absolute Gasteiger partial charge is 0.467 e. The predicted molar refractivity (Wildman–Crippen MR) is 131 cm³/mol. The number of carbonyl (C=O) groups excluding carboxylic acids is 3. The first-order valence-corrected chi connectivity index (χ1v) is 12.5. The maximum Gasteiger partial charge on any atom is 0.407 e. The van der Waals surface area contributed by atoms with Crippen LogP contribution in [0.5, 0.6) is 0 Å². The number of benzene rings is 1. The minimum Gasteiger partial charge on any atom is -0.467 e. The molecule has 192 valence electrons. The lowest BCUT2D eigenvalue weighted by molar-refractivity contribution is -0.153. The molecule has 2 aromatic heterocycles. The topological polar surface area (TPSA) is 140 Å². The molecular weight excluding hydrogens is 486 g/mol. The molecule has 3 aromatic rings. The van der Waals surface area contributed by atoms with Gasteiger partial charge in [-0.2, -0.15) is 0 Å². The van der Waals surface area contributed by atoms with Crippen molar-refractivity contribution < 1.29 is 28.3 Å². The number of aromatic nitrogens is 3. The zero-order chi connectivity index (χ0) is 25.9. The number of carbonyl (C=O) groups is 3. The van der Waals surface area contributed by atoms with Crippen LogP contribution in [0, 0.1) is 0 Å². The molecule has 11 nitrogen and oxygen atoms in total. The second-order valence-corrected chi connectivity index (χ2v) is 10.2. The third-order valence-corrected chi connectivity index (χ3v) is 6.38. The maximum absolute atomic E-state index is 13.1. The van der Waals surface area contributed by atoms with E-state index in [4.69, 9.17) is 13.9 Å². The molecule has 0 saturated heterocycles. The summed E-state index contributed by atoms with van der Waals surface area (Å²) in [6.07, 6.45) is 0.167. The highest BCUT2D eigenvalue weighted by atomic mass is 32.2.